The molecule has 24 heavy (non-hydrogen) atoms. The molecule has 1 atom stereocenters. The number of hydrogen-bond donors (Lipinski definition) is 2. The third-order valence-corrected chi connectivity index (χ3v) is 4.53. The summed E-state index contributed by atoms with van der Waals surface area (Å²) in [5, 5.41) is 6.09. The maximum Gasteiger partial charge on any atom is 0.211 e. The van der Waals surface area contributed by atoms with Crippen LogP contribution in [0.3, 0.4) is 0 Å². The Morgan fingerprint density at radius 2 is 1.75 bits per heavy atom. The molecule has 0 aliphatic rings. The molecule has 0 radical (unpaired) electrons. The van der Waals surface area contributed by atoms with Crippen molar-refractivity contribution in [2.75, 3.05) is 23.4 Å². The molecular weight excluding hydrogens is 320 g/mol. The zero-order chi connectivity index (χ0) is 17.4. The normalized spacial score (nSPS) is 12.1. The van der Waals surface area contributed by atoms with Crippen LogP contribution in [0.25, 0.3) is 12.2 Å². The molecule has 0 saturated carbocycles. The van der Waals surface area contributed by atoms with Crippen LogP contribution in [-0.4, -0.2) is 23.4 Å². The molecular formula is C19H22N2O2S. The SMILES string of the molecule is CCCNc1c(/C=C/c2ccccc2S(C)=O)cccc1NC=O. The highest BCUT2D eigenvalue weighted by Gasteiger charge is 2.06. The Morgan fingerprint density at radius 1 is 1.04 bits per heavy atom. The van der Waals surface area contributed by atoms with E-state index >= 15 is 0 Å². The summed E-state index contributed by atoms with van der Waals surface area (Å²) in [6, 6.07) is 13.4. The summed E-state index contributed by atoms with van der Waals surface area (Å²) >= 11 is 0. The van der Waals surface area contributed by atoms with Gasteiger partial charge in [-0.15, -0.1) is 0 Å². The third kappa shape index (κ3) is 4.55. The standard InChI is InChI=1S/C19H22N2O2S/c1-3-13-20-19-16(8-6-9-17(19)21-14-22)12-11-15-7-4-5-10-18(15)24(2)23/h4-12,14,20H,3,13H2,1-2H3,(H,21,22)/b12-11+. The molecule has 2 aromatic rings. The number of rotatable bonds is 8. The van der Waals surface area contributed by atoms with Gasteiger partial charge in [0.1, 0.15) is 0 Å². The maximum atomic E-state index is 11.8. The number of benzene rings is 2. The van der Waals surface area contributed by atoms with Crippen LogP contribution in [0.15, 0.2) is 47.4 Å². The summed E-state index contributed by atoms with van der Waals surface area (Å²) in [5.41, 5.74) is 3.52. The van der Waals surface area contributed by atoms with Crippen LogP contribution in [0.4, 0.5) is 11.4 Å². The van der Waals surface area contributed by atoms with E-state index in [0.717, 1.165) is 40.4 Å². The summed E-state index contributed by atoms with van der Waals surface area (Å²) in [4.78, 5) is 11.6. The zero-order valence-corrected chi connectivity index (χ0v) is 14.7. The van der Waals surface area contributed by atoms with Gasteiger partial charge < -0.3 is 10.6 Å². The van der Waals surface area contributed by atoms with Gasteiger partial charge in [-0.05, 0) is 29.7 Å². The van der Waals surface area contributed by atoms with Gasteiger partial charge in [0.15, 0.2) is 0 Å². The average molecular weight is 342 g/mol. The molecule has 0 aromatic heterocycles. The molecule has 0 spiro atoms. The quantitative estimate of drug-likeness (QED) is 0.563. The first-order valence-corrected chi connectivity index (χ1v) is 9.40. The highest BCUT2D eigenvalue weighted by atomic mass is 32.2. The first kappa shape index (κ1) is 17.9. The summed E-state index contributed by atoms with van der Waals surface area (Å²) in [5.74, 6) is 0. The van der Waals surface area contributed by atoms with Gasteiger partial charge in [0.25, 0.3) is 0 Å². The molecule has 0 saturated heterocycles. The Kier molecular flexibility index (Phi) is 6.75. The molecule has 5 heteroatoms. The van der Waals surface area contributed by atoms with E-state index in [2.05, 4.69) is 17.6 Å². The Morgan fingerprint density at radius 3 is 2.46 bits per heavy atom. The Hall–Kier alpha value is -2.40. The summed E-state index contributed by atoms with van der Waals surface area (Å²) in [7, 11) is -1.04. The van der Waals surface area contributed by atoms with Crippen molar-refractivity contribution < 1.29 is 9.00 Å². The largest absolute Gasteiger partial charge is 0.383 e. The highest BCUT2D eigenvalue weighted by Crippen LogP contribution is 2.28. The number of amides is 1. The van der Waals surface area contributed by atoms with Crippen LogP contribution in [0.1, 0.15) is 24.5 Å². The molecule has 0 aliphatic carbocycles. The van der Waals surface area contributed by atoms with Crippen molar-refractivity contribution in [1.29, 1.82) is 0 Å². The summed E-state index contributed by atoms with van der Waals surface area (Å²) < 4.78 is 11.8. The topological polar surface area (TPSA) is 58.2 Å². The lowest BCUT2D eigenvalue weighted by Crippen LogP contribution is -2.06. The Labute approximate surface area is 145 Å². The predicted molar refractivity (Wildman–Crippen MR) is 103 cm³/mol. The van der Waals surface area contributed by atoms with Gasteiger partial charge in [0.05, 0.1) is 22.2 Å². The minimum Gasteiger partial charge on any atom is -0.383 e. The molecule has 126 valence electrons. The third-order valence-electron chi connectivity index (χ3n) is 3.53. The van der Waals surface area contributed by atoms with E-state index in [-0.39, 0.29) is 0 Å². The van der Waals surface area contributed by atoms with E-state index in [0.29, 0.717) is 6.41 Å². The van der Waals surface area contributed by atoms with Gasteiger partial charge in [-0.2, -0.15) is 0 Å². The number of carbonyl (C=O) groups is 1. The molecule has 0 fully saturated rings. The van der Waals surface area contributed by atoms with Crippen LogP contribution < -0.4 is 10.6 Å². The molecule has 1 unspecified atom stereocenters. The second-order valence-electron chi connectivity index (χ2n) is 5.28. The van der Waals surface area contributed by atoms with Gasteiger partial charge >= 0.3 is 0 Å². The van der Waals surface area contributed by atoms with Crippen LogP contribution in [0.2, 0.25) is 0 Å². The number of para-hydroxylation sites is 1. The number of anilines is 2. The lowest BCUT2D eigenvalue weighted by Gasteiger charge is -2.14. The van der Waals surface area contributed by atoms with Crippen LogP contribution in [0, 0.1) is 0 Å². The minimum absolute atomic E-state index is 0.676. The summed E-state index contributed by atoms with van der Waals surface area (Å²) in [6.07, 6.45) is 7.26. The second kappa shape index (κ2) is 9.03. The molecule has 2 aromatic carbocycles. The van der Waals surface area contributed by atoms with E-state index < -0.39 is 10.8 Å². The van der Waals surface area contributed by atoms with E-state index in [4.69, 9.17) is 0 Å². The molecule has 0 heterocycles. The first-order chi connectivity index (χ1) is 11.7. The zero-order valence-electron chi connectivity index (χ0n) is 13.9. The minimum atomic E-state index is -1.04. The van der Waals surface area contributed by atoms with Crippen LogP contribution in [0.5, 0.6) is 0 Å². The van der Waals surface area contributed by atoms with Crippen molar-refractivity contribution in [2.45, 2.75) is 18.2 Å². The predicted octanol–water partition coefficient (Wildman–Crippen LogP) is 3.98. The van der Waals surface area contributed by atoms with Crippen LogP contribution >= 0.6 is 0 Å². The molecule has 0 aliphatic heterocycles. The average Bonchev–Trinajstić information content (AvgIpc) is 2.59. The van der Waals surface area contributed by atoms with Crippen molar-refractivity contribution in [2.24, 2.45) is 0 Å². The van der Waals surface area contributed by atoms with Gasteiger partial charge in [-0.3, -0.25) is 9.00 Å². The number of nitrogens with one attached hydrogen (secondary N) is 2. The van der Waals surface area contributed by atoms with E-state index in [1.807, 2.05) is 54.6 Å². The monoisotopic (exact) mass is 342 g/mol. The molecule has 0 bridgehead atoms. The van der Waals surface area contributed by atoms with Gasteiger partial charge in [-0.1, -0.05) is 49.4 Å². The highest BCUT2D eigenvalue weighted by molar-refractivity contribution is 7.84. The second-order valence-corrected chi connectivity index (χ2v) is 6.63. The van der Waals surface area contributed by atoms with Gasteiger partial charge in [0.2, 0.25) is 6.41 Å². The fourth-order valence-corrected chi connectivity index (χ4v) is 3.14. The smallest absolute Gasteiger partial charge is 0.211 e. The van der Waals surface area contributed by atoms with Crippen molar-refractivity contribution in [3.8, 4) is 0 Å². The fourth-order valence-electron chi connectivity index (χ4n) is 2.40. The molecule has 1 amide bonds. The number of hydrogen-bond acceptors (Lipinski definition) is 3. The van der Waals surface area contributed by atoms with Crippen molar-refractivity contribution >= 4 is 40.7 Å². The van der Waals surface area contributed by atoms with Gasteiger partial charge in [0, 0.05) is 17.7 Å². The summed E-state index contributed by atoms with van der Waals surface area (Å²) in [6.45, 7) is 2.90. The van der Waals surface area contributed by atoms with Gasteiger partial charge in [-0.25, -0.2) is 0 Å². The lowest BCUT2D eigenvalue weighted by molar-refractivity contribution is -0.105. The Balaban J connectivity index is 2.40. The van der Waals surface area contributed by atoms with Crippen LogP contribution in [-0.2, 0) is 15.6 Å². The van der Waals surface area contributed by atoms with Crippen molar-refractivity contribution in [1.82, 2.24) is 0 Å². The van der Waals surface area contributed by atoms with Crippen molar-refractivity contribution in [3.63, 3.8) is 0 Å². The number of carbonyl (C=O) groups excluding carboxylic acids is 1. The van der Waals surface area contributed by atoms with E-state index in [1.54, 1.807) is 6.26 Å². The Bertz CT molecular complexity index is 757. The van der Waals surface area contributed by atoms with Crippen molar-refractivity contribution in [3.05, 3.63) is 53.6 Å². The first-order valence-electron chi connectivity index (χ1n) is 7.85. The lowest BCUT2D eigenvalue weighted by atomic mass is 10.1. The van der Waals surface area contributed by atoms with E-state index in [1.165, 1.54) is 0 Å². The maximum absolute atomic E-state index is 11.8. The van der Waals surface area contributed by atoms with E-state index in [9.17, 15) is 9.00 Å². The fraction of sp³-hybridized carbons (Fsp3) is 0.211. The molecule has 4 nitrogen and oxygen atoms in total. The molecule has 2 rings (SSSR count). The molecule has 2 N–H and O–H groups in total.